The second kappa shape index (κ2) is 6.86. The minimum absolute atomic E-state index is 0.0719. The van der Waals surface area contributed by atoms with Crippen molar-refractivity contribution >= 4 is 0 Å². The summed E-state index contributed by atoms with van der Waals surface area (Å²) in [5.41, 5.74) is 2.13. The molecule has 1 aromatic heterocycles. The zero-order valence-corrected chi connectivity index (χ0v) is 12.3. The molecule has 0 fully saturated rings. The van der Waals surface area contributed by atoms with E-state index in [2.05, 4.69) is 43.2 Å². The summed E-state index contributed by atoms with van der Waals surface area (Å²) in [6, 6.07) is 6.51. The highest BCUT2D eigenvalue weighted by Gasteiger charge is 2.20. The zero-order chi connectivity index (χ0) is 13.6. The van der Waals surface area contributed by atoms with Crippen molar-refractivity contribution in [2.45, 2.75) is 52.2 Å². The maximum atomic E-state index is 5.48. The lowest BCUT2D eigenvalue weighted by Gasteiger charge is -2.26. The molecular weight excluding hydrogens is 224 g/mol. The average Bonchev–Trinajstić information content (AvgIpc) is 2.34. The van der Waals surface area contributed by atoms with Crippen LogP contribution >= 0.6 is 0 Å². The van der Waals surface area contributed by atoms with Gasteiger partial charge in [-0.2, -0.15) is 0 Å². The fourth-order valence-electron chi connectivity index (χ4n) is 1.95. The molecule has 0 radical (unpaired) electrons. The van der Waals surface area contributed by atoms with Gasteiger partial charge in [0.25, 0.3) is 0 Å². The van der Waals surface area contributed by atoms with Crippen molar-refractivity contribution < 1.29 is 4.74 Å². The number of hydrogen-bond donors (Lipinski definition) is 1. The van der Waals surface area contributed by atoms with Crippen molar-refractivity contribution in [1.29, 1.82) is 0 Å². The predicted molar refractivity (Wildman–Crippen MR) is 75.7 cm³/mol. The largest absolute Gasteiger partial charge is 0.379 e. The van der Waals surface area contributed by atoms with Gasteiger partial charge in [-0.3, -0.25) is 4.98 Å². The van der Waals surface area contributed by atoms with Gasteiger partial charge in [0.2, 0.25) is 0 Å². The monoisotopic (exact) mass is 250 g/mol. The number of aryl methyl sites for hydroxylation is 1. The van der Waals surface area contributed by atoms with E-state index < -0.39 is 0 Å². The Morgan fingerprint density at radius 1 is 1.39 bits per heavy atom. The molecule has 0 saturated heterocycles. The van der Waals surface area contributed by atoms with Crippen LogP contribution in [-0.2, 0) is 4.74 Å². The van der Waals surface area contributed by atoms with Crippen LogP contribution in [0, 0.1) is 6.92 Å². The molecule has 0 saturated carbocycles. The average molecular weight is 250 g/mol. The SMILES string of the molecule is CCNC(CCC(C)(C)OC)c1cccc(C)n1. The lowest BCUT2D eigenvalue weighted by Crippen LogP contribution is -2.28. The van der Waals surface area contributed by atoms with Crippen LogP contribution in [0.2, 0.25) is 0 Å². The van der Waals surface area contributed by atoms with E-state index in [-0.39, 0.29) is 5.60 Å². The second-order valence-electron chi connectivity index (χ2n) is 5.32. The van der Waals surface area contributed by atoms with Crippen LogP contribution in [0.4, 0.5) is 0 Å². The van der Waals surface area contributed by atoms with Crippen LogP contribution in [-0.4, -0.2) is 24.2 Å². The van der Waals surface area contributed by atoms with Crippen molar-refractivity contribution in [2.75, 3.05) is 13.7 Å². The van der Waals surface area contributed by atoms with Crippen LogP contribution in [0.5, 0.6) is 0 Å². The number of nitrogens with one attached hydrogen (secondary N) is 1. The van der Waals surface area contributed by atoms with Gasteiger partial charge < -0.3 is 10.1 Å². The molecule has 102 valence electrons. The predicted octanol–water partition coefficient (Wildman–Crippen LogP) is 3.25. The normalized spacial score (nSPS) is 13.6. The van der Waals surface area contributed by atoms with E-state index in [9.17, 15) is 0 Å². The maximum Gasteiger partial charge on any atom is 0.0623 e. The van der Waals surface area contributed by atoms with Crippen molar-refractivity contribution in [3.8, 4) is 0 Å². The number of hydrogen-bond acceptors (Lipinski definition) is 3. The third kappa shape index (κ3) is 4.75. The van der Waals surface area contributed by atoms with Crippen LogP contribution in [0.25, 0.3) is 0 Å². The third-order valence-corrected chi connectivity index (χ3v) is 3.31. The molecule has 18 heavy (non-hydrogen) atoms. The highest BCUT2D eigenvalue weighted by Crippen LogP contribution is 2.23. The van der Waals surface area contributed by atoms with Gasteiger partial charge in [0.05, 0.1) is 11.3 Å². The molecule has 1 aromatic rings. The molecule has 3 heteroatoms. The number of nitrogens with zero attached hydrogens (tertiary/aromatic N) is 1. The highest BCUT2D eigenvalue weighted by atomic mass is 16.5. The molecule has 1 rings (SSSR count). The van der Waals surface area contributed by atoms with Gasteiger partial charge in [0.1, 0.15) is 0 Å². The van der Waals surface area contributed by atoms with Gasteiger partial charge in [0, 0.05) is 18.8 Å². The van der Waals surface area contributed by atoms with Crippen LogP contribution < -0.4 is 5.32 Å². The first kappa shape index (κ1) is 15.1. The molecule has 0 bridgehead atoms. The van der Waals surface area contributed by atoms with E-state index >= 15 is 0 Å². The Kier molecular flexibility index (Phi) is 5.76. The minimum Gasteiger partial charge on any atom is -0.379 e. The number of pyridine rings is 1. The number of rotatable bonds is 7. The topological polar surface area (TPSA) is 34.1 Å². The number of ether oxygens (including phenoxy) is 1. The summed E-state index contributed by atoms with van der Waals surface area (Å²) >= 11 is 0. The molecule has 1 unspecified atom stereocenters. The van der Waals surface area contributed by atoms with Gasteiger partial charge in [-0.05, 0) is 52.3 Å². The molecule has 0 aliphatic heterocycles. The Bertz CT molecular complexity index is 363. The molecular formula is C15H26N2O. The zero-order valence-electron chi connectivity index (χ0n) is 12.3. The van der Waals surface area contributed by atoms with Crippen molar-refractivity contribution in [1.82, 2.24) is 10.3 Å². The summed E-state index contributed by atoms with van der Waals surface area (Å²) in [6.45, 7) is 9.36. The van der Waals surface area contributed by atoms with Crippen LogP contribution in [0.15, 0.2) is 18.2 Å². The molecule has 3 nitrogen and oxygen atoms in total. The van der Waals surface area contributed by atoms with Crippen LogP contribution in [0.3, 0.4) is 0 Å². The summed E-state index contributed by atoms with van der Waals surface area (Å²) in [5.74, 6) is 0. The van der Waals surface area contributed by atoms with Crippen molar-refractivity contribution in [3.05, 3.63) is 29.6 Å². The van der Waals surface area contributed by atoms with E-state index in [0.717, 1.165) is 30.8 Å². The quantitative estimate of drug-likeness (QED) is 0.806. The second-order valence-corrected chi connectivity index (χ2v) is 5.32. The Balaban J connectivity index is 2.71. The summed E-state index contributed by atoms with van der Waals surface area (Å²) < 4.78 is 5.48. The molecule has 1 N–H and O–H groups in total. The molecule has 0 aliphatic carbocycles. The minimum atomic E-state index is -0.0719. The Morgan fingerprint density at radius 3 is 2.67 bits per heavy atom. The first-order chi connectivity index (χ1) is 8.48. The van der Waals surface area contributed by atoms with Crippen LogP contribution in [0.1, 0.15) is 51.0 Å². The summed E-state index contributed by atoms with van der Waals surface area (Å²) in [6.07, 6.45) is 2.04. The van der Waals surface area contributed by atoms with Gasteiger partial charge in [-0.1, -0.05) is 13.0 Å². The first-order valence-corrected chi connectivity index (χ1v) is 6.70. The molecule has 0 amide bonds. The van der Waals surface area contributed by atoms with Crippen molar-refractivity contribution in [2.24, 2.45) is 0 Å². The van der Waals surface area contributed by atoms with E-state index in [1.165, 1.54) is 0 Å². The number of aromatic nitrogens is 1. The van der Waals surface area contributed by atoms with E-state index in [1.54, 1.807) is 7.11 Å². The molecule has 0 spiro atoms. The molecule has 0 aromatic carbocycles. The van der Waals surface area contributed by atoms with Gasteiger partial charge in [-0.25, -0.2) is 0 Å². The fraction of sp³-hybridized carbons (Fsp3) is 0.667. The summed E-state index contributed by atoms with van der Waals surface area (Å²) in [5, 5.41) is 3.50. The maximum absolute atomic E-state index is 5.48. The summed E-state index contributed by atoms with van der Waals surface area (Å²) in [7, 11) is 1.77. The molecule has 1 heterocycles. The number of methoxy groups -OCH3 is 1. The Morgan fingerprint density at radius 2 is 2.11 bits per heavy atom. The van der Waals surface area contributed by atoms with Gasteiger partial charge in [-0.15, -0.1) is 0 Å². The van der Waals surface area contributed by atoms with E-state index in [0.29, 0.717) is 6.04 Å². The smallest absolute Gasteiger partial charge is 0.0623 e. The Labute approximate surface area is 111 Å². The van der Waals surface area contributed by atoms with Gasteiger partial charge in [0.15, 0.2) is 0 Å². The van der Waals surface area contributed by atoms with Gasteiger partial charge >= 0.3 is 0 Å². The molecule has 1 atom stereocenters. The molecule has 0 aliphatic rings. The lowest BCUT2D eigenvalue weighted by atomic mass is 9.97. The van der Waals surface area contributed by atoms with E-state index in [1.807, 2.05) is 13.0 Å². The standard InChI is InChI=1S/C15H26N2O/c1-6-16-13(10-11-15(3,4)18-5)14-9-7-8-12(2)17-14/h7-9,13,16H,6,10-11H2,1-5H3. The Hall–Kier alpha value is -0.930. The van der Waals surface area contributed by atoms with Crippen molar-refractivity contribution in [3.63, 3.8) is 0 Å². The lowest BCUT2D eigenvalue weighted by molar-refractivity contribution is 0.0116. The third-order valence-electron chi connectivity index (χ3n) is 3.31. The fourth-order valence-corrected chi connectivity index (χ4v) is 1.95. The van der Waals surface area contributed by atoms with E-state index in [4.69, 9.17) is 4.74 Å². The first-order valence-electron chi connectivity index (χ1n) is 6.70. The highest BCUT2D eigenvalue weighted by molar-refractivity contribution is 5.13. The summed E-state index contributed by atoms with van der Waals surface area (Å²) in [4.78, 5) is 4.62.